The van der Waals surface area contributed by atoms with Crippen LogP contribution in [0.2, 0.25) is 0 Å². The van der Waals surface area contributed by atoms with Gasteiger partial charge in [-0.25, -0.2) is 0 Å². The minimum absolute atomic E-state index is 0.229. The molecule has 82 valence electrons. The number of anilines is 1. The van der Waals surface area contributed by atoms with Crippen molar-refractivity contribution in [1.29, 1.82) is 0 Å². The Hall–Kier alpha value is -1.02. The van der Waals surface area contributed by atoms with Gasteiger partial charge in [-0.1, -0.05) is 25.1 Å². The first-order valence-electron chi connectivity index (χ1n) is 5.74. The summed E-state index contributed by atoms with van der Waals surface area (Å²) in [5.74, 6) is 0. The van der Waals surface area contributed by atoms with Crippen molar-refractivity contribution in [2.75, 3.05) is 11.9 Å². The van der Waals surface area contributed by atoms with E-state index >= 15 is 0 Å². The number of para-hydroxylation sites is 1. The van der Waals surface area contributed by atoms with E-state index in [-0.39, 0.29) is 6.04 Å². The maximum atomic E-state index is 6.02. The Morgan fingerprint density at radius 2 is 2.27 bits per heavy atom. The summed E-state index contributed by atoms with van der Waals surface area (Å²) >= 11 is 0. The van der Waals surface area contributed by atoms with E-state index in [1.54, 1.807) is 0 Å². The lowest BCUT2D eigenvalue weighted by Crippen LogP contribution is -2.42. The molecule has 1 aliphatic rings. The number of fused-ring (bicyclic) bond motifs is 1. The SMILES string of the molecule is CCc1cccc2c1N(C)C(C(C)N)C2. The van der Waals surface area contributed by atoms with E-state index in [9.17, 15) is 0 Å². The number of aryl methyl sites for hydroxylation is 1. The highest BCUT2D eigenvalue weighted by Crippen LogP contribution is 2.35. The molecule has 1 heterocycles. The van der Waals surface area contributed by atoms with Crippen molar-refractivity contribution < 1.29 is 0 Å². The molecule has 0 radical (unpaired) electrons. The minimum Gasteiger partial charge on any atom is -0.369 e. The molecule has 0 saturated carbocycles. The number of hydrogen-bond donors (Lipinski definition) is 1. The fraction of sp³-hybridized carbons (Fsp3) is 0.538. The number of benzene rings is 1. The van der Waals surface area contributed by atoms with Gasteiger partial charge in [0.25, 0.3) is 0 Å². The molecule has 0 fully saturated rings. The topological polar surface area (TPSA) is 29.3 Å². The van der Waals surface area contributed by atoms with Crippen molar-refractivity contribution in [1.82, 2.24) is 0 Å². The van der Waals surface area contributed by atoms with Crippen LogP contribution in [0.1, 0.15) is 25.0 Å². The summed E-state index contributed by atoms with van der Waals surface area (Å²) in [4.78, 5) is 2.36. The molecule has 2 heteroatoms. The van der Waals surface area contributed by atoms with Gasteiger partial charge in [0.2, 0.25) is 0 Å². The number of hydrogen-bond acceptors (Lipinski definition) is 2. The van der Waals surface area contributed by atoms with Gasteiger partial charge in [-0.05, 0) is 30.9 Å². The molecule has 2 rings (SSSR count). The van der Waals surface area contributed by atoms with E-state index in [1.165, 1.54) is 16.8 Å². The smallest absolute Gasteiger partial charge is 0.0476 e. The first-order chi connectivity index (χ1) is 7.15. The molecule has 2 N–H and O–H groups in total. The molecule has 2 nitrogen and oxygen atoms in total. The van der Waals surface area contributed by atoms with Crippen molar-refractivity contribution in [3.8, 4) is 0 Å². The largest absolute Gasteiger partial charge is 0.369 e. The minimum atomic E-state index is 0.229. The van der Waals surface area contributed by atoms with Crippen LogP contribution in [0.5, 0.6) is 0 Å². The molecular weight excluding hydrogens is 184 g/mol. The number of nitrogens with two attached hydrogens (primary N) is 1. The van der Waals surface area contributed by atoms with Crippen LogP contribution in [0.15, 0.2) is 18.2 Å². The molecule has 0 spiro atoms. The predicted octanol–water partition coefficient (Wildman–Crippen LogP) is 1.96. The molecule has 0 aliphatic carbocycles. The van der Waals surface area contributed by atoms with Crippen LogP contribution in [-0.4, -0.2) is 19.1 Å². The second kappa shape index (κ2) is 3.86. The Kier molecular flexibility index (Phi) is 2.70. The van der Waals surface area contributed by atoms with E-state index in [0.717, 1.165) is 12.8 Å². The Labute approximate surface area is 92.1 Å². The molecule has 0 bridgehead atoms. The van der Waals surface area contributed by atoms with Gasteiger partial charge in [0.1, 0.15) is 0 Å². The summed E-state index contributed by atoms with van der Waals surface area (Å²) in [6.07, 6.45) is 2.19. The van der Waals surface area contributed by atoms with Gasteiger partial charge in [0.15, 0.2) is 0 Å². The molecule has 1 aliphatic heterocycles. The molecule has 2 atom stereocenters. The zero-order chi connectivity index (χ0) is 11.0. The lowest BCUT2D eigenvalue weighted by molar-refractivity contribution is 0.556. The van der Waals surface area contributed by atoms with Crippen molar-refractivity contribution in [3.63, 3.8) is 0 Å². The van der Waals surface area contributed by atoms with Crippen LogP contribution in [-0.2, 0) is 12.8 Å². The standard InChI is InChI=1S/C13H20N2/c1-4-10-6-5-7-11-8-12(9(2)14)15(3)13(10)11/h5-7,9,12H,4,8,14H2,1-3H3. The first kappa shape index (κ1) is 10.5. The van der Waals surface area contributed by atoms with E-state index < -0.39 is 0 Å². The first-order valence-corrected chi connectivity index (χ1v) is 5.74. The Morgan fingerprint density at radius 3 is 2.87 bits per heavy atom. The molecule has 0 aromatic heterocycles. The molecule has 2 unspecified atom stereocenters. The van der Waals surface area contributed by atoms with E-state index in [2.05, 4.69) is 44.0 Å². The molecular formula is C13H20N2. The summed E-state index contributed by atoms with van der Waals surface area (Å²) in [6.45, 7) is 4.31. The highest BCUT2D eigenvalue weighted by Gasteiger charge is 2.30. The number of nitrogens with zero attached hydrogens (tertiary/aromatic N) is 1. The van der Waals surface area contributed by atoms with Gasteiger partial charge in [0, 0.05) is 24.8 Å². The monoisotopic (exact) mass is 204 g/mol. The summed E-state index contributed by atoms with van der Waals surface area (Å²) < 4.78 is 0. The van der Waals surface area contributed by atoms with Crippen LogP contribution < -0.4 is 10.6 Å². The van der Waals surface area contributed by atoms with Crippen molar-refractivity contribution >= 4 is 5.69 Å². The van der Waals surface area contributed by atoms with Crippen molar-refractivity contribution in [2.45, 2.75) is 38.8 Å². The lowest BCUT2D eigenvalue weighted by atomic mass is 10.0. The average Bonchev–Trinajstić information content (AvgIpc) is 2.56. The van der Waals surface area contributed by atoms with Crippen LogP contribution in [0, 0.1) is 0 Å². The third-order valence-electron chi connectivity index (χ3n) is 3.47. The van der Waals surface area contributed by atoms with Gasteiger partial charge in [-0.2, -0.15) is 0 Å². The van der Waals surface area contributed by atoms with Gasteiger partial charge in [-0.15, -0.1) is 0 Å². The highest BCUT2D eigenvalue weighted by molar-refractivity contribution is 5.64. The molecule has 1 aromatic carbocycles. The maximum absolute atomic E-state index is 6.02. The van der Waals surface area contributed by atoms with Crippen LogP contribution in [0.3, 0.4) is 0 Å². The van der Waals surface area contributed by atoms with Gasteiger partial charge in [-0.3, -0.25) is 0 Å². The number of rotatable bonds is 2. The normalized spacial score (nSPS) is 21.6. The van der Waals surface area contributed by atoms with Gasteiger partial charge >= 0.3 is 0 Å². The van der Waals surface area contributed by atoms with E-state index in [1.807, 2.05) is 0 Å². The van der Waals surface area contributed by atoms with Crippen LogP contribution in [0.4, 0.5) is 5.69 Å². The third-order valence-corrected chi connectivity index (χ3v) is 3.47. The Bertz CT molecular complexity index is 358. The van der Waals surface area contributed by atoms with Crippen LogP contribution >= 0.6 is 0 Å². The van der Waals surface area contributed by atoms with Gasteiger partial charge < -0.3 is 10.6 Å². The zero-order valence-electron chi connectivity index (χ0n) is 9.83. The molecule has 15 heavy (non-hydrogen) atoms. The third kappa shape index (κ3) is 1.63. The van der Waals surface area contributed by atoms with E-state index in [0.29, 0.717) is 6.04 Å². The molecule has 0 saturated heterocycles. The zero-order valence-corrected chi connectivity index (χ0v) is 9.83. The quantitative estimate of drug-likeness (QED) is 0.798. The molecule has 1 aromatic rings. The van der Waals surface area contributed by atoms with Gasteiger partial charge in [0.05, 0.1) is 0 Å². The lowest BCUT2D eigenvalue weighted by Gasteiger charge is -2.27. The second-order valence-corrected chi connectivity index (χ2v) is 4.52. The Balaban J connectivity index is 2.41. The average molecular weight is 204 g/mol. The summed E-state index contributed by atoms with van der Waals surface area (Å²) in [6, 6.07) is 7.31. The summed E-state index contributed by atoms with van der Waals surface area (Å²) in [5, 5.41) is 0. The predicted molar refractivity (Wildman–Crippen MR) is 65.4 cm³/mol. The maximum Gasteiger partial charge on any atom is 0.0476 e. The summed E-state index contributed by atoms with van der Waals surface area (Å²) in [7, 11) is 2.17. The fourth-order valence-corrected chi connectivity index (χ4v) is 2.61. The van der Waals surface area contributed by atoms with Crippen LogP contribution in [0.25, 0.3) is 0 Å². The van der Waals surface area contributed by atoms with E-state index in [4.69, 9.17) is 5.73 Å². The highest BCUT2D eigenvalue weighted by atomic mass is 15.2. The summed E-state index contributed by atoms with van der Waals surface area (Å²) in [5.41, 5.74) is 10.3. The fourth-order valence-electron chi connectivity index (χ4n) is 2.61. The number of likely N-dealkylation sites (N-methyl/N-ethyl adjacent to an activating group) is 1. The Morgan fingerprint density at radius 1 is 1.53 bits per heavy atom. The van der Waals surface area contributed by atoms with Crippen molar-refractivity contribution in [3.05, 3.63) is 29.3 Å². The van der Waals surface area contributed by atoms with Crippen molar-refractivity contribution in [2.24, 2.45) is 5.73 Å². The second-order valence-electron chi connectivity index (χ2n) is 4.52. The molecule has 0 amide bonds.